The molecule has 0 aliphatic carbocycles. The maximum Gasteiger partial charge on any atom is 0.387 e. The van der Waals surface area contributed by atoms with Crippen molar-refractivity contribution in [3.05, 3.63) is 29.8 Å². The van der Waals surface area contributed by atoms with Gasteiger partial charge in [-0.1, -0.05) is 12.1 Å². The molecule has 2 rings (SSSR count). The zero-order valence-electron chi connectivity index (χ0n) is 13.7. The highest BCUT2D eigenvalue weighted by Crippen LogP contribution is 2.23. The summed E-state index contributed by atoms with van der Waals surface area (Å²) in [6, 6.07) is 5.73. The third-order valence-electron chi connectivity index (χ3n) is 4.13. The normalized spacial score (nSPS) is 18.1. The van der Waals surface area contributed by atoms with Gasteiger partial charge in [-0.05, 0) is 37.5 Å². The van der Waals surface area contributed by atoms with Crippen LogP contribution >= 0.6 is 0 Å². The molecule has 1 amide bonds. The molecule has 7 nitrogen and oxygen atoms in total. The Balaban J connectivity index is 1.92. The van der Waals surface area contributed by atoms with Gasteiger partial charge in [-0.3, -0.25) is 4.79 Å². The van der Waals surface area contributed by atoms with Gasteiger partial charge in [-0.2, -0.15) is 21.5 Å². The topological polar surface area (TPSA) is 102 Å². The van der Waals surface area contributed by atoms with E-state index in [0.29, 0.717) is 18.4 Å². The fraction of sp³-hybridized carbons (Fsp3) is 0.533. The van der Waals surface area contributed by atoms with Crippen LogP contribution in [0.15, 0.2) is 24.3 Å². The summed E-state index contributed by atoms with van der Waals surface area (Å²) in [5.41, 5.74) is 0.633. The molecule has 1 atom stereocenters. The van der Waals surface area contributed by atoms with Gasteiger partial charge in [-0.15, -0.1) is 0 Å². The number of alkyl halides is 2. The Morgan fingerprint density at radius 3 is 2.56 bits per heavy atom. The van der Waals surface area contributed by atoms with Crippen molar-refractivity contribution in [3.63, 3.8) is 0 Å². The van der Waals surface area contributed by atoms with Gasteiger partial charge in [0.05, 0.1) is 6.04 Å². The Labute approximate surface area is 145 Å². The van der Waals surface area contributed by atoms with Crippen molar-refractivity contribution in [2.75, 3.05) is 13.1 Å². The van der Waals surface area contributed by atoms with Crippen molar-refractivity contribution in [2.24, 2.45) is 11.1 Å². The average molecular weight is 377 g/mol. The molecule has 0 radical (unpaired) electrons. The minimum absolute atomic E-state index is 0.0232. The zero-order valence-corrected chi connectivity index (χ0v) is 14.5. The Bertz CT molecular complexity index is 706. The minimum Gasteiger partial charge on any atom is -0.435 e. The first-order valence-electron chi connectivity index (χ1n) is 7.80. The summed E-state index contributed by atoms with van der Waals surface area (Å²) in [6.45, 7) is -0.783. The van der Waals surface area contributed by atoms with Crippen LogP contribution in [0.1, 0.15) is 31.4 Å². The van der Waals surface area contributed by atoms with Gasteiger partial charge in [0.2, 0.25) is 5.91 Å². The standard InChI is InChI=1S/C15H21F2N3O4S/c1-10(12-3-2-4-13(9-12)24-15(16)17)19-14(21)11-5-7-20(8-6-11)25(18,22)23/h2-4,9-11,15H,5-8H2,1H3,(H,19,21)(H2,18,22,23)/t10-/m0/s1. The SMILES string of the molecule is C[C@H](NC(=O)C1CCN(S(N)(=O)=O)CC1)c1cccc(OC(F)F)c1. The molecule has 3 N–H and O–H groups in total. The van der Waals surface area contributed by atoms with E-state index >= 15 is 0 Å². The molecule has 1 heterocycles. The van der Waals surface area contributed by atoms with E-state index in [-0.39, 0.29) is 30.7 Å². The number of nitrogens with one attached hydrogen (secondary N) is 1. The van der Waals surface area contributed by atoms with Crippen LogP contribution in [0.25, 0.3) is 0 Å². The number of halogens is 2. The van der Waals surface area contributed by atoms with Crippen molar-refractivity contribution in [1.82, 2.24) is 9.62 Å². The van der Waals surface area contributed by atoms with Crippen LogP contribution in [0.2, 0.25) is 0 Å². The number of benzene rings is 1. The molecule has 1 saturated heterocycles. The van der Waals surface area contributed by atoms with Crippen LogP contribution in [0, 0.1) is 5.92 Å². The van der Waals surface area contributed by atoms with E-state index in [1.165, 1.54) is 12.1 Å². The molecule has 0 bridgehead atoms. The predicted molar refractivity (Wildman–Crippen MR) is 87.0 cm³/mol. The molecule has 10 heteroatoms. The van der Waals surface area contributed by atoms with E-state index in [0.717, 1.165) is 4.31 Å². The Morgan fingerprint density at radius 2 is 2.00 bits per heavy atom. The van der Waals surface area contributed by atoms with Crippen LogP contribution in [0.4, 0.5) is 8.78 Å². The lowest BCUT2D eigenvalue weighted by atomic mass is 9.96. The lowest BCUT2D eigenvalue weighted by Gasteiger charge is -2.29. The molecule has 1 aliphatic rings. The van der Waals surface area contributed by atoms with Gasteiger partial charge >= 0.3 is 6.61 Å². The highest BCUT2D eigenvalue weighted by molar-refractivity contribution is 7.86. The Hall–Kier alpha value is -1.78. The van der Waals surface area contributed by atoms with Gasteiger partial charge in [0.15, 0.2) is 0 Å². The Morgan fingerprint density at radius 1 is 1.36 bits per heavy atom. The summed E-state index contributed by atoms with van der Waals surface area (Å²) < 4.78 is 52.6. The number of nitrogens with two attached hydrogens (primary N) is 1. The molecule has 140 valence electrons. The van der Waals surface area contributed by atoms with E-state index in [1.807, 2.05) is 0 Å². The molecule has 0 unspecified atom stereocenters. The van der Waals surface area contributed by atoms with E-state index < -0.39 is 22.9 Å². The molecule has 0 saturated carbocycles. The molecule has 1 aromatic carbocycles. The molecule has 1 aromatic rings. The van der Waals surface area contributed by atoms with Gasteiger partial charge in [0.25, 0.3) is 10.2 Å². The lowest BCUT2D eigenvalue weighted by molar-refractivity contribution is -0.126. The van der Waals surface area contributed by atoms with Gasteiger partial charge in [-0.25, -0.2) is 5.14 Å². The molecule has 0 aromatic heterocycles. The molecular formula is C15H21F2N3O4S. The smallest absolute Gasteiger partial charge is 0.387 e. The summed E-state index contributed by atoms with van der Waals surface area (Å²) in [6.07, 6.45) is 0.757. The average Bonchev–Trinajstić information content (AvgIpc) is 2.53. The second-order valence-corrected chi connectivity index (χ2v) is 7.45. The van der Waals surface area contributed by atoms with Crippen LogP contribution in [0.5, 0.6) is 5.75 Å². The number of carbonyl (C=O) groups is 1. The monoisotopic (exact) mass is 377 g/mol. The molecule has 1 fully saturated rings. The number of hydrogen-bond donors (Lipinski definition) is 2. The van der Waals surface area contributed by atoms with Crippen LogP contribution in [-0.2, 0) is 15.0 Å². The van der Waals surface area contributed by atoms with Gasteiger partial charge in [0, 0.05) is 19.0 Å². The number of rotatable bonds is 6. The highest BCUT2D eigenvalue weighted by atomic mass is 32.2. The molecule has 0 spiro atoms. The van der Waals surface area contributed by atoms with Crippen molar-refractivity contribution >= 4 is 16.1 Å². The van der Waals surface area contributed by atoms with E-state index in [1.54, 1.807) is 19.1 Å². The second-order valence-electron chi connectivity index (χ2n) is 5.90. The summed E-state index contributed by atoms with van der Waals surface area (Å²) in [5, 5.41) is 7.89. The zero-order chi connectivity index (χ0) is 18.6. The Kier molecular flexibility index (Phi) is 6.31. The van der Waals surface area contributed by atoms with Crippen LogP contribution in [0.3, 0.4) is 0 Å². The summed E-state index contributed by atoms with van der Waals surface area (Å²) in [7, 11) is -3.73. The number of hydrogen-bond acceptors (Lipinski definition) is 4. The second kappa shape index (κ2) is 8.07. The third-order valence-corrected chi connectivity index (χ3v) is 5.21. The lowest BCUT2D eigenvalue weighted by Crippen LogP contribution is -2.45. The maximum absolute atomic E-state index is 12.3. The van der Waals surface area contributed by atoms with E-state index in [9.17, 15) is 22.0 Å². The predicted octanol–water partition coefficient (Wildman–Crippen LogP) is 1.38. The maximum atomic E-state index is 12.3. The summed E-state index contributed by atoms with van der Waals surface area (Å²) in [4.78, 5) is 12.3. The van der Waals surface area contributed by atoms with Crippen molar-refractivity contribution in [1.29, 1.82) is 0 Å². The largest absolute Gasteiger partial charge is 0.435 e. The van der Waals surface area contributed by atoms with Crippen LogP contribution < -0.4 is 15.2 Å². The van der Waals surface area contributed by atoms with Crippen molar-refractivity contribution in [3.8, 4) is 5.75 Å². The van der Waals surface area contributed by atoms with Gasteiger partial charge in [0.1, 0.15) is 5.75 Å². The first-order valence-corrected chi connectivity index (χ1v) is 9.30. The number of nitrogens with zero attached hydrogens (tertiary/aromatic N) is 1. The number of carbonyl (C=O) groups excluding carboxylic acids is 1. The van der Waals surface area contributed by atoms with E-state index in [2.05, 4.69) is 10.1 Å². The molecule has 25 heavy (non-hydrogen) atoms. The van der Waals surface area contributed by atoms with Crippen molar-refractivity contribution in [2.45, 2.75) is 32.4 Å². The first kappa shape index (κ1) is 19.5. The third kappa shape index (κ3) is 5.62. The van der Waals surface area contributed by atoms with E-state index in [4.69, 9.17) is 5.14 Å². The quantitative estimate of drug-likeness (QED) is 0.782. The van der Waals surface area contributed by atoms with Gasteiger partial charge < -0.3 is 10.1 Å². The number of ether oxygens (including phenoxy) is 1. The van der Waals surface area contributed by atoms with Crippen molar-refractivity contribution < 1.29 is 26.7 Å². The fourth-order valence-corrected chi connectivity index (χ4v) is 3.47. The van der Waals surface area contributed by atoms with Crippen LogP contribution in [-0.4, -0.2) is 38.3 Å². The molecule has 1 aliphatic heterocycles. The fourth-order valence-electron chi connectivity index (χ4n) is 2.75. The summed E-state index contributed by atoms with van der Waals surface area (Å²) >= 11 is 0. The molecular weight excluding hydrogens is 356 g/mol. The number of amides is 1. The number of piperidine rings is 1. The first-order chi connectivity index (χ1) is 11.7. The minimum atomic E-state index is -3.73. The summed E-state index contributed by atoms with van der Waals surface area (Å²) in [5.74, 6) is -0.502. The highest BCUT2D eigenvalue weighted by Gasteiger charge is 2.29.